The number of anilines is 2. The summed E-state index contributed by atoms with van der Waals surface area (Å²) in [5.41, 5.74) is 11.4. The van der Waals surface area contributed by atoms with Crippen LogP contribution in [-0.4, -0.2) is 35.5 Å². The number of carboxylic acids is 1. The van der Waals surface area contributed by atoms with E-state index in [0.29, 0.717) is 44.9 Å². The number of aromatic carboxylic acids is 1. The molecule has 1 atom stereocenters. The molecule has 0 saturated carbocycles. The van der Waals surface area contributed by atoms with Gasteiger partial charge in [0.05, 0.1) is 17.1 Å². The number of hydrogen-bond acceptors (Lipinski definition) is 8. The second kappa shape index (κ2) is 13.4. The molecule has 4 rings (SSSR count). The fourth-order valence-corrected chi connectivity index (χ4v) is 4.32. The maximum atomic E-state index is 13.4. The van der Waals surface area contributed by atoms with Gasteiger partial charge in [0, 0.05) is 51.4 Å². The van der Waals surface area contributed by atoms with E-state index in [1.54, 1.807) is 45.3 Å². The van der Waals surface area contributed by atoms with Crippen molar-refractivity contribution >= 4 is 34.5 Å². The van der Waals surface area contributed by atoms with Gasteiger partial charge in [-0.3, -0.25) is 14.7 Å². The molecule has 0 bridgehead atoms. The highest BCUT2D eigenvalue weighted by atomic mass is 19.4. The standard InChI is InChI=1S/C28H28N4O4.C3H2F4O/c1-14-10-20(17(4)32-23-9-6-15(2)31-24(23)28(34)35)27-21(11-14)25(33)16(3)26(36-27)18-7-8-22(29)19(12-18)13-30-5;1-2(8-7)3(4,5)6/h6-13,17,32H,29H2,1-5H3,(H,34,35);1H2. The first-order chi connectivity index (χ1) is 20.6. The minimum Gasteiger partial charge on any atom is -0.476 e. The fraction of sp³-hybridized carbons (Fsp3) is 0.226. The Labute approximate surface area is 249 Å². The molecule has 0 radical (unpaired) electrons. The van der Waals surface area contributed by atoms with Gasteiger partial charge in [0.25, 0.3) is 0 Å². The SMILES string of the molecule is C=C(OF)C(F)(F)F.CN=Cc1cc(-c2oc3c(C(C)Nc4ccc(C)nc4C(=O)O)cc(C)cc3c(=O)c2C)ccc1N. The summed E-state index contributed by atoms with van der Waals surface area (Å²) >= 11 is 0. The molecule has 4 aromatic rings. The quantitative estimate of drug-likeness (QED) is 0.0856. The molecule has 2 aromatic heterocycles. The number of aryl methyl sites for hydroxylation is 2. The number of carbonyl (C=O) groups is 1. The Kier molecular flexibility index (Phi) is 10.1. The Morgan fingerprint density at radius 3 is 2.43 bits per heavy atom. The van der Waals surface area contributed by atoms with Crippen LogP contribution in [0.25, 0.3) is 22.3 Å². The van der Waals surface area contributed by atoms with Gasteiger partial charge in [-0.2, -0.15) is 13.2 Å². The third-order valence-corrected chi connectivity index (χ3v) is 6.49. The third-order valence-electron chi connectivity index (χ3n) is 6.49. The lowest BCUT2D eigenvalue weighted by atomic mass is 9.98. The van der Waals surface area contributed by atoms with E-state index in [1.807, 2.05) is 38.1 Å². The molecular formula is C31H30F4N4O5. The van der Waals surface area contributed by atoms with Crippen LogP contribution in [0.1, 0.15) is 51.4 Å². The highest BCUT2D eigenvalue weighted by Crippen LogP contribution is 2.33. The Morgan fingerprint density at radius 1 is 1.18 bits per heavy atom. The van der Waals surface area contributed by atoms with Gasteiger partial charge in [0.2, 0.25) is 5.76 Å². The molecule has 0 amide bonds. The smallest absolute Gasteiger partial charge is 0.452 e. The van der Waals surface area contributed by atoms with E-state index in [-0.39, 0.29) is 17.2 Å². The van der Waals surface area contributed by atoms with Gasteiger partial charge in [-0.05, 0) is 76.2 Å². The zero-order valence-corrected chi connectivity index (χ0v) is 24.5. The molecule has 0 aliphatic carbocycles. The van der Waals surface area contributed by atoms with Crippen molar-refractivity contribution in [1.82, 2.24) is 4.98 Å². The summed E-state index contributed by atoms with van der Waals surface area (Å²) < 4.78 is 49.9. The van der Waals surface area contributed by atoms with E-state index < -0.39 is 17.9 Å². The Bertz CT molecular complexity index is 1820. The number of carboxylic acid groups (broad SMARTS) is 1. The topological polar surface area (TPSA) is 140 Å². The average Bonchev–Trinajstić information content (AvgIpc) is 2.96. The van der Waals surface area contributed by atoms with Crippen LogP contribution in [0.15, 0.2) is 69.0 Å². The van der Waals surface area contributed by atoms with Gasteiger partial charge in [-0.25, -0.2) is 9.78 Å². The van der Waals surface area contributed by atoms with Crippen molar-refractivity contribution < 1.29 is 37.0 Å². The maximum absolute atomic E-state index is 13.4. The molecule has 44 heavy (non-hydrogen) atoms. The number of alkyl halides is 3. The predicted octanol–water partition coefficient (Wildman–Crippen LogP) is 7.25. The summed E-state index contributed by atoms with van der Waals surface area (Å²) in [7, 11) is 1.66. The van der Waals surface area contributed by atoms with E-state index in [9.17, 15) is 32.4 Å². The first kappa shape index (κ1) is 33.3. The number of nitrogen functional groups attached to an aromatic ring is 1. The number of aliphatic imine (C=N–C) groups is 1. The van der Waals surface area contributed by atoms with Crippen molar-refractivity contribution in [2.75, 3.05) is 18.1 Å². The van der Waals surface area contributed by atoms with Crippen LogP contribution < -0.4 is 16.5 Å². The van der Waals surface area contributed by atoms with E-state index in [0.717, 1.165) is 16.7 Å². The molecule has 232 valence electrons. The van der Waals surface area contributed by atoms with Gasteiger partial charge < -0.3 is 20.6 Å². The number of rotatable bonds is 7. The van der Waals surface area contributed by atoms with Crippen molar-refractivity contribution in [2.24, 2.45) is 4.99 Å². The van der Waals surface area contributed by atoms with Crippen LogP contribution in [0.5, 0.6) is 0 Å². The average molecular weight is 615 g/mol. The lowest BCUT2D eigenvalue weighted by Crippen LogP contribution is -2.15. The number of nitrogens with one attached hydrogen (secondary N) is 1. The summed E-state index contributed by atoms with van der Waals surface area (Å²) in [6, 6.07) is 12.2. The van der Waals surface area contributed by atoms with Crippen LogP contribution in [0.3, 0.4) is 0 Å². The zero-order valence-electron chi connectivity index (χ0n) is 24.5. The summed E-state index contributed by atoms with van der Waals surface area (Å²) in [5, 5.41) is 13.3. The van der Waals surface area contributed by atoms with Gasteiger partial charge in [0.15, 0.2) is 11.1 Å². The lowest BCUT2D eigenvalue weighted by molar-refractivity contribution is -0.193. The van der Waals surface area contributed by atoms with Crippen LogP contribution in [0.4, 0.5) is 29.1 Å². The number of pyridine rings is 1. The number of nitrogens with two attached hydrogens (primary N) is 1. The highest BCUT2D eigenvalue weighted by molar-refractivity contribution is 5.92. The maximum Gasteiger partial charge on any atom is 0.452 e. The van der Waals surface area contributed by atoms with Crippen LogP contribution in [-0.2, 0) is 4.94 Å². The minimum atomic E-state index is -4.78. The second-order valence-electron chi connectivity index (χ2n) is 9.87. The molecule has 0 spiro atoms. The van der Waals surface area contributed by atoms with E-state index in [2.05, 4.69) is 26.8 Å². The molecule has 2 heterocycles. The van der Waals surface area contributed by atoms with Gasteiger partial charge in [-0.15, -0.1) is 0 Å². The number of nitrogens with zero attached hydrogens (tertiary/aromatic N) is 2. The molecule has 13 heteroatoms. The van der Waals surface area contributed by atoms with Crippen LogP contribution >= 0.6 is 0 Å². The number of allylic oxidation sites excluding steroid dienone is 1. The van der Waals surface area contributed by atoms with E-state index in [1.165, 1.54) is 0 Å². The summed E-state index contributed by atoms with van der Waals surface area (Å²) in [5.74, 6) is -2.52. The first-order valence-electron chi connectivity index (χ1n) is 13.0. The van der Waals surface area contributed by atoms with Gasteiger partial charge in [0.1, 0.15) is 11.3 Å². The number of fused-ring (bicyclic) bond motifs is 1. The molecule has 0 fully saturated rings. The summed E-state index contributed by atoms with van der Waals surface area (Å²) in [6.45, 7) is 9.50. The number of aromatic nitrogens is 1. The van der Waals surface area contributed by atoms with Crippen molar-refractivity contribution in [1.29, 1.82) is 0 Å². The third kappa shape index (κ3) is 7.41. The molecule has 1 unspecified atom stereocenters. The lowest BCUT2D eigenvalue weighted by Gasteiger charge is -2.20. The minimum absolute atomic E-state index is 0.0659. The number of hydrogen-bond donors (Lipinski definition) is 3. The van der Waals surface area contributed by atoms with Crippen molar-refractivity contribution in [2.45, 2.75) is 39.9 Å². The van der Waals surface area contributed by atoms with Crippen molar-refractivity contribution in [3.8, 4) is 11.3 Å². The molecular weight excluding hydrogens is 584 g/mol. The molecule has 0 aliphatic rings. The van der Waals surface area contributed by atoms with Crippen LogP contribution in [0, 0.1) is 20.8 Å². The Morgan fingerprint density at radius 2 is 1.86 bits per heavy atom. The summed E-state index contributed by atoms with van der Waals surface area (Å²) in [6.07, 6.45) is -3.13. The molecule has 4 N–H and O–H groups in total. The highest BCUT2D eigenvalue weighted by Gasteiger charge is 2.35. The molecule has 0 saturated heterocycles. The van der Waals surface area contributed by atoms with Crippen LogP contribution in [0.2, 0.25) is 0 Å². The Hall–Kier alpha value is -5.20. The first-order valence-corrected chi connectivity index (χ1v) is 13.0. The number of halogens is 4. The summed E-state index contributed by atoms with van der Waals surface area (Å²) in [4.78, 5) is 35.7. The number of benzene rings is 2. The van der Waals surface area contributed by atoms with Gasteiger partial charge in [-0.1, -0.05) is 6.07 Å². The molecule has 0 aliphatic heterocycles. The normalized spacial score (nSPS) is 12.0. The van der Waals surface area contributed by atoms with E-state index >= 15 is 0 Å². The monoisotopic (exact) mass is 614 g/mol. The van der Waals surface area contributed by atoms with E-state index in [4.69, 9.17) is 10.2 Å². The van der Waals surface area contributed by atoms with Crippen molar-refractivity contribution in [3.05, 3.63) is 98.7 Å². The second-order valence-corrected chi connectivity index (χ2v) is 9.87. The largest absolute Gasteiger partial charge is 0.476 e. The fourth-order valence-electron chi connectivity index (χ4n) is 4.32. The predicted molar refractivity (Wildman–Crippen MR) is 161 cm³/mol. The Balaban J connectivity index is 0.000000583. The van der Waals surface area contributed by atoms with Crippen molar-refractivity contribution in [3.63, 3.8) is 0 Å². The zero-order chi connectivity index (χ0) is 32.9. The molecule has 2 aromatic carbocycles. The molecule has 9 nitrogen and oxygen atoms in total. The van der Waals surface area contributed by atoms with Gasteiger partial charge >= 0.3 is 12.1 Å².